The fraction of sp³-hybridized carbons (Fsp3) is 0.308. The SMILES string of the molecule is COc1cc2c(c(OC)c1OC)C(=O)C(=O)N2CC(=O)NN. The van der Waals surface area contributed by atoms with Gasteiger partial charge in [0.05, 0.1) is 32.6 Å². The average Bonchev–Trinajstić information content (AvgIpc) is 2.77. The summed E-state index contributed by atoms with van der Waals surface area (Å²) in [5.74, 6) is 3.27. The van der Waals surface area contributed by atoms with E-state index >= 15 is 0 Å². The number of anilines is 1. The number of carbonyl (C=O) groups excluding carboxylic acids is 3. The van der Waals surface area contributed by atoms with Crippen LogP contribution in [0.2, 0.25) is 0 Å². The molecule has 0 saturated heterocycles. The lowest BCUT2D eigenvalue weighted by atomic mass is 10.1. The molecule has 0 aromatic heterocycles. The molecule has 0 spiro atoms. The van der Waals surface area contributed by atoms with E-state index in [-0.39, 0.29) is 28.5 Å². The summed E-state index contributed by atoms with van der Waals surface area (Å²) in [5.41, 5.74) is 2.13. The Balaban J connectivity index is 2.66. The van der Waals surface area contributed by atoms with Gasteiger partial charge in [-0.3, -0.25) is 24.7 Å². The van der Waals surface area contributed by atoms with Gasteiger partial charge in [-0.15, -0.1) is 0 Å². The fourth-order valence-electron chi connectivity index (χ4n) is 2.26. The quantitative estimate of drug-likeness (QED) is 0.317. The molecule has 3 N–H and O–H groups in total. The van der Waals surface area contributed by atoms with Crippen molar-refractivity contribution in [1.82, 2.24) is 5.43 Å². The Kier molecular flexibility index (Phi) is 4.18. The first-order valence-corrected chi connectivity index (χ1v) is 6.18. The van der Waals surface area contributed by atoms with Crippen molar-refractivity contribution in [2.75, 3.05) is 32.8 Å². The van der Waals surface area contributed by atoms with Crippen LogP contribution in [0.25, 0.3) is 0 Å². The largest absolute Gasteiger partial charge is 0.493 e. The monoisotopic (exact) mass is 309 g/mol. The van der Waals surface area contributed by atoms with Crippen LogP contribution in [-0.4, -0.2) is 45.5 Å². The minimum absolute atomic E-state index is 0.0231. The molecule has 0 fully saturated rings. The molecule has 118 valence electrons. The van der Waals surface area contributed by atoms with Crippen LogP contribution in [-0.2, 0) is 9.59 Å². The molecule has 1 aliphatic rings. The number of ketones is 1. The number of hydrogen-bond acceptors (Lipinski definition) is 7. The Hall–Kier alpha value is -2.81. The van der Waals surface area contributed by atoms with Crippen molar-refractivity contribution in [3.63, 3.8) is 0 Å². The third kappa shape index (κ3) is 2.21. The Morgan fingerprint density at radius 3 is 2.32 bits per heavy atom. The van der Waals surface area contributed by atoms with Crippen molar-refractivity contribution >= 4 is 23.3 Å². The lowest BCUT2D eigenvalue weighted by molar-refractivity contribution is -0.122. The summed E-state index contributed by atoms with van der Waals surface area (Å²) in [7, 11) is 4.12. The van der Waals surface area contributed by atoms with Gasteiger partial charge in [0.1, 0.15) is 6.54 Å². The number of amides is 2. The summed E-state index contributed by atoms with van der Waals surface area (Å²) < 4.78 is 15.5. The second kappa shape index (κ2) is 5.90. The van der Waals surface area contributed by atoms with Gasteiger partial charge in [-0.25, -0.2) is 5.84 Å². The molecule has 9 nitrogen and oxygen atoms in total. The third-order valence-electron chi connectivity index (χ3n) is 3.23. The maximum absolute atomic E-state index is 12.2. The van der Waals surface area contributed by atoms with E-state index < -0.39 is 24.1 Å². The van der Waals surface area contributed by atoms with Crippen molar-refractivity contribution in [3.8, 4) is 17.2 Å². The highest BCUT2D eigenvalue weighted by Crippen LogP contribution is 2.47. The molecule has 0 atom stereocenters. The first kappa shape index (κ1) is 15.6. The van der Waals surface area contributed by atoms with Crippen LogP contribution in [0.15, 0.2) is 6.07 Å². The Morgan fingerprint density at radius 1 is 1.18 bits per heavy atom. The fourth-order valence-corrected chi connectivity index (χ4v) is 2.26. The number of benzene rings is 1. The van der Waals surface area contributed by atoms with Crippen LogP contribution >= 0.6 is 0 Å². The number of methoxy groups -OCH3 is 3. The van der Waals surface area contributed by atoms with Crippen LogP contribution in [0.5, 0.6) is 17.2 Å². The van der Waals surface area contributed by atoms with E-state index in [4.69, 9.17) is 20.1 Å². The maximum Gasteiger partial charge on any atom is 0.300 e. The van der Waals surface area contributed by atoms with Crippen LogP contribution < -0.4 is 30.4 Å². The standard InChI is InChI=1S/C13H15N3O6/c1-20-7-4-6-9(12(22-3)11(7)21-2)10(18)13(19)16(6)5-8(17)15-14/h4H,5,14H2,1-3H3,(H,15,17). The van der Waals surface area contributed by atoms with Crippen molar-refractivity contribution in [3.05, 3.63) is 11.6 Å². The van der Waals surface area contributed by atoms with E-state index in [1.807, 2.05) is 5.43 Å². The van der Waals surface area contributed by atoms with E-state index in [2.05, 4.69) is 0 Å². The molecule has 1 heterocycles. The van der Waals surface area contributed by atoms with Gasteiger partial charge in [0, 0.05) is 6.07 Å². The van der Waals surface area contributed by atoms with Gasteiger partial charge in [0.2, 0.25) is 5.75 Å². The van der Waals surface area contributed by atoms with E-state index in [9.17, 15) is 14.4 Å². The summed E-state index contributed by atoms with van der Waals surface area (Å²) in [6, 6.07) is 1.43. The van der Waals surface area contributed by atoms with Crippen molar-refractivity contribution in [1.29, 1.82) is 0 Å². The predicted molar refractivity (Wildman–Crippen MR) is 75.1 cm³/mol. The summed E-state index contributed by atoms with van der Waals surface area (Å²) in [4.78, 5) is 36.7. The normalized spacial score (nSPS) is 13.0. The molecular formula is C13H15N3O6. The number of hydrogen-bond donors (Lipinski definition) is 2. The van der Waals surface area contributed by atoms with Gasteiger partial charge in [-0.1, -0.05) is 0 Å². The Labute approximate surface area is 125 Å². The topological polar surface area (TPSA) is 120 Å². The van der Waals surface area contributed by atoms with E-state index in [1.54, 1.807) is 0 Å². The maximum atomic E-state index is 12.2. The summed E-state index contributed by atoms with van der Waals surface area (Å²) >= 11 is 0. The predicted octanol–water partition coefficient (Wildman–Crippen LogP) is -0.768. The van der Waals surface area contributed by atoms with Gasteiger partial charge < -0.3 is 14.2 Å². The zero-order chi connectivity index (χ0) is 16.4. The summed E-state index contributed by atoms with van der Waals surface area (Å²) in [6.45, 7) is -0.396. The third-order valence-corrected chi connectivity index (χ3v) is 3.23. The van der Waals surface area contributed by atoms with Gasteiger partial charge in [0.25, 0.3) is 17.6 Å². The minimum atomic E-state index is -0.854. The molecule has 0 saturated carbocycles. The molecule has 2 rings (SSSR count). The second-order valence-electron chi connectivity index (χ2n) is 4.33. The van der Waals surface area contributed by atoms with E-state index in [0.29, 0.717) is 0 Å². The molecule has 9 heteroatoms. The molecular weight excluding hydrogens is 294 g/mol. The number of Topliss-reactive ketones (excluding diaryl/α,β-unsaturated/α-hetero) is 1. The molecule has 1 aromatic carbocycles. The molecule has 22 heavy (non-hydrogen) atoms. The van der Waals surface area contributed by atoms with E-state index in [0.717, 1.165) is 4.90 Å². The Bertz CT molecular complexity index is 658. The smallest absolute Gasteiger partial charge is 0.300 e. The highest BCUT2D eigenvalue weighted by Gasteiger charge is 2.41. The lowest BCUT2D eigenvalue weighted by Gasteiger charge is -2.18. The van der Waals surface area contributed by atoms with Crippen molar-refractivity contribution in [2.24, 2.45) is 5.84 Å². The second-order valence-corrected chi connectivity index (χ2v) is 4.33. The number of fused-ring (bicyclic) bond motifs is 1. The van der Waals surface area contributed by atoms with Crippen LogP contribution in [0, 0.1) is 0 Å². The summed E-state index contributed by atoms with van der Waals surface area (Å²) in [6.07, 6.45) is 0. The highest BCUT2D eigenvalue weighted by atomic mass is 16.5. The number of nitrogens with one attached hydrogen (secondary N) is 1. The van der Waals surface area contributed by atoms with E-state index in [1.165, 1.54) is 27.4 Å². The number of nitrogens with zero attached hydrogens (tertiary/aromatic N) is 1. The first-order valence-electron chi connectivity index (χ1n) is 6.18. The number of ether oxygens (including phenoxy) is 3. The number of carbonyl (C=O) groups is 3. The molecule has 2 amide bonds. The molecule has 0 radical (unpaired) electrons. The van der Waals surface area contributed by atoms with Crippen LogP contribution in [0.1, 0.15) is 10.4 Å². The van der Waals surface area contributed by atoms with Crippen LogP contribution in [0.3, 0.4) is 0 Å². The molecule has 0 unspecified atom stereocenters. The summed E-state index contributed by atoms with van der Waals surface area (Å²) in [5, 5.41) is 0. The van der Waals surface area contributed by atoms with Gasteiger partial charge in [-0.2, -0.15) is 0 Å². The minimum Gasteiger partial charge on any atom is -0.493 e. The first-order chi connectivity index (χ1) is 10.5. The molecule has 1 aliphatic heterocycles. The van der Waals surface area contributed by atoms with Gasteiger partial charge in [0.15, 0.2) is 11.5 Å². The highest BCUT2D eigenvalue weighted by molar-refractivity contribution is 6.53. The number of nitrogens with two attached hydrogens (primary N) is 1. The number of rotatable bonds is 5. The molecule has 0 bridgehead atoms. The zero-order valence-electron chi connectivity index (χ0n) is 12.3. The molecule has 0 aliphatic carbocycles. The number of hydrazine groups is 1. The average molecular weight is 309 g/mol. The zero-order valence-corrected chi connectivity index (χ0v) is 12.3. The van der Waals surface area contributed by atoms with Gasteiger partial charge in [-0.05, 0) is 0 Å². The lowest BCUT2D eigenvalue weighted by Crippen LogP contribution is -2.42. The van der Waals surface area contributed by atoms with Gasteiger partial charge >= 0.3 is 0 Å². The Morgan fingerprint density at radius 2 is 1.82 bits per heavy atom. The van der Waals surface area contributed by atoms with Crippen LogP contribution in [0.4, 0.5) is 5.69 Å². The van der Waals surface area contributed by atoms with Crippen molar-refractivity contribution < 1.29 is 28.6 Å². The van der Waals surface area contributed by atoms with Crippen molar-refractivity contribution in [2.45, 2.75) is 0 Å². The molecule has 1 aromatic rings.